The summed E-state index contributed by atoms with van der Waals surface area (Å²) in [7, 11) is 0. The van der Waals surface area contributed by atoms with E-state index in [9.17, 15) is 0 Å². The lowest BCUT2D eigenvalue weighted by Crippen LogP contribution is -2.13. The second-order valence-electron chi connectivity index (χ2n) is 4.55. The monoisotopic (exact) mass is 249 g/mol. The van der Waals surface area contributed by atoms with Gasteiger partial charge in [-0.2, -0.15) is 0 Å². The van der Waals surface area contributed by atoms with E-state index in [-0.39, 0.29) is 12.0 Å². The number of oxime groups is 1. The molecule has 0 unspecified atom stereocenters. The van der Waals surface area contributed by atoms with Crippen LogP contribution in [0.25, 0.3) is 0 Å². The minimum Gasteiger partial charge on any atom is -0.386 e. The molecule has 0 radical (unpaired) electrons. The standard InChI is InChI=1S/C17H15NO/c1-2-15-16(13-9-5-3-6-10-13)17(19-18-15)14-11-7-4-8-12-14/h2-12,16-17H,1H2/t16-,17+/m0/s1. The van der Waals surface area contributed by atoms with Crippen molar-refractivity contribution in [3.8, 4) is 0 Å². The molecule has 0 saturated heterocycles. The average molecular weight is 249 g/mol. The van der Waals surface area contributed by atoms with E-state index in [2.05, 4.69) is 36.0 Å². The highest BCUT2D eigenvalue weighted by Crippen LogP contribution is 2.39. The summed E-state index contributed by atoms with van der Waals surface area (Å²) in [5.41, 5.74) is 3.23. The van der Waals surface area contributed by atoms with E-state index in [1.165, 1.54) is 5.56 Å². The number of nitrogens with zero attached hydrogens (tertiary/aromatic N) is 1. The quantitative estimate of drug-likeness (QED) is 0.803. The molecule has 2 aromatic rings. The number of hydrogen-bond donors (Lipinski definition) is 0. The Bertz CT molecular complexity index is 589. The molecule has 0 spiro atoms. The van der Waals surface area contributed by atoms with Crippen molar-refractivity contribution in [2.75, 3.05) is 0 Å². The molecule has 3 rings (SSSR count). The summed E-state index contributed by atoms with van der Waals surface area (Å²) in [5, 5.41) is 4.17. The van der Waals surface area contributed by atoms with Crippen molar-refractivity contribution in [3.63, 3.8) is 0 Å². The maximum absolute atomic E-state index is 5.63. The predicted molar refractivity (Wildman–Crippen MR) is 77.1 cm³/mol. The van der Waals surface area contributed by atoms with Crippen LogP contribution in [-0.2, 0) is 4.84 Å². The largest absolute Gasteiger partial charge is 0.386 e. The molecule has 19 heavy (non-hydrogen) atoms. The highest BCUT2D eigenvalue weighted by Gasteiger charge is 2.34. The molecule has 0 fully saturated rings. The zero-order valence-electron chi connectivity index (χ0n) is 10.6. The van der Waals surface area contributed by atoms with E-state index in [0.717, 1.165) is 11.3 Å². The first-order valence-electron chi connectivity index (χ1n) is 6.36. The molecular weight excluding hydrogens is 234 g/mol. The van der Waals surface area contributed by atoms with Gasteiger partial charge in [0.15, 0.2) is 6.10 Å². The summed E-state index contributed by atoms with van der Waals surface area (Å²) in [6.07, 6.45) is 1.71. The minimum atomic E-state index is -0.0726. The number of benzene rings is 2. The molecule has 0 aliphatic carbocycles. The third-order valence-electron chi connectivity index (χ3n) is 3.39. The van der Waals surface area contributed by atoms with Gasteiger partial charge in [0.1, 0.15) is 0 Å². The number of allylic oxidation sites excluding steroid dienone is 1. The first-order chi connectivity index (χ1) is 9.40. The fraction of sp³-hybridized carbons (Fsp3) is 0.118. The zero-order chi connectivity index (χ0) is 13.1. The predicted octanol–water partition coefficient (Wildman–Crippen LogP) is 4.08. The second-order valence-corrected chi connectivity index (χ2v) is 4.55. The van der Waals surface area contributed by atoms with Crippen molar-refractivity contribution < 1.29 is 4.84 Å². The maximum Gasteiger partial charge on any atom is 0.165 e. The fourth-order valence-electron chi connectivity index (χ4n) is 2.46. The molecule has 2 heteroatoms. The van der Waals surface area contributed by atoms with Gasteiger partial charge in [-0.25, -0.2) is 0 Å². The van der Waals surface area contributed by atoms with Gasteiger partial charge >= 0.3 is 0 Å². The van der Waals surface area contributed by atoms with E-state index in [0.29, 0.717) is 0 Å². The van der Waals surface area contributed by atoms with Crippen LogP contribution in [0.1, 0.15) is 23.1 Å². The van der Waals surface area contributed by atoms with Gasteiger partial charge in [0.2, 0.25) is 0 Å². The maximum atomic E-state index is 5.63. The number of hydrogen-bond acceptors (Lipinski definition) is 2. The molecule has 2 aromatic carbocycles. The van der Waals surface area contributed by atoms with E-state index in [1.54, 1.807) is 6.08 Å². The highest BCUT2D eigenvalue weighted by molar-refractivity contribution is 6.00. The Labute approximate surface area is 113 Å². The topological polar surface area (TPSA) is 21.6 Å². The molecule has 2 atom stereocenters. The smallest absolute Gasteiger partial charge is 0.165 e. The van der Waals surface area contributed by atoms with Crippen molar-refractivity contribution in [2.45, 2.75) is 12.0 Å². The Hall–Kier alpha value is -2.35. The molecule has 1 aliphatic heterocycles. The zero-order valence-corrected chi connectivity index (χ0v) is 10.6. The Kier molecular flexibility index (Phi) is 3.15. The van der Waals surface area contributed by atoms with Crippen molar-refractivity contribution >= 4 is 5.71 Å². The third-order valence-corrected chi connectivity index (χ3v) is 3.39. The SMILES string of the molecule is C=CC1=NO[C@H](c2ccccc2)[C@H]1c1ccccc1. The van der Waals surface area contributed by atoms with Gasteiger partial charge in [0.25, 0.3) is 0 Å². The van der Waals surface area contributed by atoms with Gasteiger partial charge in [-0.1, -0.05) is 72.4 Å². The van der Waals surface area contributed by atoms with Crippen LogP contribution in [0.4, 0.5) is 0 Å². The Morgan fingerprint density at radius 3 is 2.05 bits per heavy atom. The average Bonchev–Trinajstić information content (AvgIpc) is 2.93. The van der Waals surface area contributed by atoms with Crippen LogP contribution in [-0.4, -0.2) is 5.71 Å². The van der Waals surface area contributed by atoms with Crippen molar-refractivity contribution in [1.29, 1.82) is 0 Å². The van der Waals surface area contributed by atoms with Crippen LogP contribution in [0.3, 0.4) is 0 Å². The summed E-state index contributed by atoms with van der Waals surface area (Å²) >= 11 is 0. The molecule has 1 heterocycles. The molecule has 0 N–H and O–H groups in total. The van der Waals surface area contributed by atoms with Crippen LogP contribution in [0.5, 0.6) is 0 Å². The van der Waals surface area contributed by atoms with E-state index in [1.807, 2.05) is 36.4 Å². The van der Waals surface area contributed by atoms with Crippen LogP contribution in [0.2, 0.25) is 0 Å². The van der Waals surface area contributed by atoms with Gasteiger partial charge in [0, 0.05) is 0 Å². The summed E-state index contributed by atoms with van der Waals surface area (Å²) in [6, 6.07) is 20.5. The van der Waals surface area contributed by atoms with Crippen molar-refractivity contribution in [3.05, 3.63) is 84.4 Å². The lowest BCUT2D eigenvalue weighted by atomic mass is 9.86. The normalized spacial score (nSPS) is 21.6. The van der Waals surface area contributed by atoms with Crippen LogP contribution < -0.4 is 0 Å². The molecule has 0 bridgehead atoms. The third kappa shape index (κ3) is 2.17. The Morgan fingerprint density at radius 1 is 0.895 bits per heavy atom. The molecule has 1 aliphatic rings. The molecular formula is C17H15NO. The Balaban J connectivity index is 2.01. The van der Waals surface area contributed by atoms with Crippen LogP contribution >= 0.6 is 0 Å². The second kappa shape index (κ2) is 5.11. The minimum absolute atomic E-state index is 0.0726. The number of rotatable bonds is 3. The van der Waals surface area contributed by atoms with Gasteiger partial charge in [-0.15, -0.1) is 0 Å². The molecule has 0 saturated carbocycles. The summed E-state index contributed by atoms with van der Waals surface area (Å²) in [5.74, 6) is 0.112. The van der Waals surface area contributed by atoms with Gasteiger partial charge in [0.05, 0.1) is 11.6 Å². The summed E-state index contributed by atoms with van der Waals surface area (Å²) in [6.45, 7) is 3.84. The Morgan fingerprint density at radius 2 is 1.47 bits per heavy atom. The van der Waals surface area contributed by atoms with Gasteiger partial charge in [-0.05, 0) is 17.2 Å². The van der Waals surface area contributed by atoms with Crippen LogP contribution in [0.15, 0.2) is 78.5 Å². The lowest BCUT2D eigenvalue weighted by molar-refractivity contribution is 0.0763. The summed E-state index contributed by atoms with van der Waals surface area (Å²) < 4.78 is 0. The lowest BCUT2D eigenvalue weighted by Gasteiger charge is -2.18. The molecule has 0 aromatic heterocycles. The highest BCUT2D eigenvalue weighted by atomic mass is 16.6. The fourth-order valence-corrected chi connectivity index (χ4v) is 2.46. The van der Waals surface area contributed by atoms with E-state index >= 15 is 0 Å². The van der Waals surface area contributed by atoms with E-state index in [4.69, 9.17) is 4.84 Å². The first-order valence-corrected chi connectivity index (χ1v) is 6.36. The molecule has 94 valence electrons. The first kappa shape index (κ1) is 11.7. The van der Waals surface area contributed by atoms with Crippen LogP contribution in [0, 0.1) is 0 Å². The molecule has 2 nitrogen and oxygen atoms in total. The van der Waals surface area contributed by atoms with Gasteiger partial charge < -0.3 is 4.84 Å². The molecule has 0 amide bonds. The van der Waals surface area contributed by atoms with Crippen molar-refractivity contribution in [1.82, 2.24) is 0 Å². The van der Waals surface area contributed by atoms with Crippen molar-refractivity contribution in [2.24, 2.45) is 5.16 Å². The summed E-state index contributed by atoms with van der Waals surface area (Å²) in [4.78, 5) is 5.63. The van der Waals surface area contributed by atoms with Gasteiger partial charge in [-0.3, -0.25) is 0 Å². The van der Waals surface area contributed by atoms with E-state index < -0.39 is 0 Å².